The monoisotopic (exact) mass is 255 g/mol. The van der Waals surface area contributed by atoms with Gasteiger partial charge < -0.3 is 10.1 Å². The van der Waals surface area contributed by atoms with Gasteiger partial charge in [-0.25, -0.2) is 0 Å². The fourth-order valence-electron chi connectivity index (χ4n) is 1.72. The molecule has 1 aromatic carbocycles. The predicted molar refractivity (Wildman–Crippen MR) is 60.6 cm³/mol. The molecule has 1 N–H and O–H groups in total. The van der Waals surface area contributed by atoms with Crippen molar-refractivity contribution < 1.29 is 4.74 Å². The molecule has 0 spiro atoms. The van der Waals surface area contributed by atoms with Crippen LogP contribution in [0.1, 0.15) is 25.5 Å². The zero-order valence-corrected chi connectivity index (χ0v) is 9.97. The topological polar surface area (TPSA) is 21.3 Å². The summed E-state index contributed by atoms with van der Waals surface area (Å²) in [5.74, 6) is 0.998. The Morgan fingerprint density at radius 3 is 3.00 bits per heavy atom. The molecule has 1 heterocycles. The van der Waals surface area contributed by atoms with E-state index in [1.54, 1.807) is 0 Å². The normalized spacial score (nSPS) is 19.6. The van der Waals surface area contributed by atoms with Crippen molar-refractivity contribution in [3.63, 3.8) is 0 Å². The lowest BCUT2D eigenvalue weighted by Gasteiger charge is -2.14. The first kappa shape index (κ1) is 9.99. The number of halogens is 1. The highest BCUT2D eigenvalue weighted by molar-refractivity contribution is 9.10. The summed E-state index contributed by atoms with van der Waals surface area (Å²) < 4.78 is 6.67. The lowest BCUT2D eigenvalue weighted by molar-refractivity contribution is 0.303. The van der Waals surface area contributed by atoms with E-state index in [0.717, 1.165) is 16.8 Å². The van der Waals surface area contributed by atoms with Crippen molar-refractivity contribution in [2.45, 2.75) is 25.9 Å². The van der Waals surface area contributed by atoms with Gasteiger partial charge in [-0.05, 0) is 12.1 Å². The first-order valence-corrected chi connectivity index (χ1v) is 5.64. The maximum atomic E-state index is 5.60. The van der Waals surface area contributed by atoms with Crippen molar-refractivity contribution >= 4 is 15.9 Å². The van der Waals surface area contributed by atoms with Crippen LogP contribution in [-0.4, -0.2) is 12.6 Å². The Labute approximate surface area is 92.8 Å². The fourth-order valence-corrected chi connectivity index (χ4v) is 2.06. The van der Waals surface area contributed by atoms with E-state index >= 15 is 0 Å². The van der Waals surface area contributed by atoms with Crippen LogP contribution in [0.5, 0.6) is 5.75 Å². The molecular formula is C11H14BrNO. The Morgan fingerprint density at radius 1 is 1.50 bits per heavy atom. The molecule has 0 saturated carbocycles. The molecular weight excluding hydrogens is 242 g/mol. The molecule has 2 nitrogen and oxygen atoms in total. The molecule has 1 unspecified atom stereocenters. The van der Waals surface area contributed by atoms with E-state index in [-0.39, 0.29) is 0 Å². The van der Waals surface area contributed by atoms with Crippen molar-refractivity contribution in [2.75, 3.05) is 6.61 Å². The van der Waals surface area contributed by atoms with Crippen LogP contribution < -0.4 is 10.1 Å². The van der Waals surface area contributed by atoms with Crippen molar-refractivity contribution in [3.05, 3.63) is 28.2 Å². The maximum Gasteiger partial charge on any atom is 0.125 e. The fraction of sp³-hybridized carbons (Fsp3) is 0.455. The van der Waals surface area contributed by atoms with Gasteiger partial charge in [-0.3, -0.25) is 0 Å². The quantitative estimate of drug-likeness (QED) is 0.878. The van der Waals surface area contributed by atoms with Gasteiger partial charge in [0.2, 0.25) is 0 Å². The van der Waals surface area contributed by atoms with E-state index < -0.39 is 0 Å². The summed E-state index contributed by atoms with van der Waals surface area (Å²) in [4.78, 5) is 0. The van der Waals surface area contributed by atoms with Crippen LogP contribution in [0.15, 0.2) is 22.7 Å². The van der Waals surface area contributed by atoms with Crippen LogP contribution in [0.25, 0.3) is 0 Å². The van der Waals surface area contributed by atoms with Crippen molar-refractivity contribution in [3.8, 4) is 5.75 Å². The van der Waals surface area contributed by atoms with Gasteiger partial charge in [0, 0.05) is 16.1 Å². The van der Waals surface area contributed by atoms with Gasteiger partial charge >= 0.3 is 0 Å². The van der Waals surface area contributed by atoms with Crippen LogP contribution in [0.2, 0.25) is 0 Å². The third-order valence-electron chi connectivity index (χ3n) is 2.29. The van der Waals surface area contributed by atoms with Gasteiger partial charge in [-0.15, -0.1) is 0 Å². The molecule has 3 heteroatoms. The highest BCUT2D eigenvalue weighted by atomic mass is 79.9. The number of nitrogens with one attached hydrogen (secondary N) is 1. The van der Waals surface area contributed by atoms with Crippen molar-refractivity contribution in [1.29, 1.82) is 0 Å². The molecule has 0 bridgehead atoms. The molecule has 0 aliphatic carbocycles. The standard InChI is InChI=1S/C11H14BrNO/c1-7(2)13-10-6-14-11-5-8(12)3-4-9(10)11/h3-5,7,10,13H,6H2,1-2H3. The Balaban J connectivity index is 2.22. The molecule has 14 heavy (non-hydrogen) atoms. The molecule has 2 rings (SSSR count). The zero-order valence-electron chi connectivity index (χ0n) is 8.38. The summed E-state index contributed by atoms with van der Waals surface area (Å²) in [5, 5.41) is 3.48. The first-order valence-electron chi connectivity index (χ1n) is 4.85. The van der Waals surface area contributed by atoms with Gasteiger partial charge in [0.1, 0.15) is 12.4 Å². The van der Waals surface area contributed by atoms with Gasteiger partial charge in [-0.2, -0.15) is 0 Å². The Bertz CT molecular complexity index is 338. The number of ether oxygens (including phenoxy) is 1. The summed E-state index contributed by atoms with van der Waals surface area (Å²) in [7, 11) is 0. The minimum absolute atomic E-state index is 0.345. The van der Waals surface area contributed by atoms with E-state index in [1.807, 2.05) is 6.07 Å². The second kappa shape index (κ2) is 3.91. The van der Waals surface area contributed by atoms with Crippen molar-refractivity contribution in [2.24, 2.45) is 0 Å². The van der Waals surface area contributed by atoms with E-state index in [2.05, 4.69) is 47.2 Å². The summed E-state index contributed by atoms with van der Waals surface area (Å²) >= 11 is 3.44. The molecule has 0 fully saturated rings. The minimum atomic E-state index is 0.345. The highest BCUT2D eigenvalue weighted by Gasteiger charge is 2.24. The smallest absolute Gasteiger partial charge is 0.125 e. The van der Waals surface area contributed by atoms with Crippen LogP contribution in [0.3, 0.4) is 0 Å². The number of hydrogen-bond donors (Lipinski definition) is 1. The SMILES string of the molecule is CC(C)NC1COc2cc(Br)ccc21. The third kappa shape index (κ3) is 1.93. The van der Waals surface area contributed by atoms with Crippen LogP contribution in [0.4, 0.5) is 0 Å². The molecule has 0 amide bonds. The van der Waals surface area contributed by atoms with E-state index in [0.29, 0.717) is 12.1 Å². The zero-order chi connectivity index (χ0) is 10.1. The van der Waals surface area contributed by atoms with Crippen molar-refractivity contribution in [1.82, 2.24) is 5.32 Å². The summed E-state index contributed by atoms with van der Waals surface area (Å²) in [6.45, 7) is 5.04. The van der Waals surface area contributed by atoms with Gasteiger partial charge in [0.25, 0.3) is 0 Å². The lowest BCUT2D eigenvalue weighted by atomic mass is 10.1. The minimum Gasteiger partial charge on any atom is -0.491 e. The molecule has 1 aliphatic heterocycles. The molecule has 0 aromatic heterocycles. The second-order valence-electron chi connectivity index (χ2n) is 3.87. The molecule has 1 aliphatic rings. The number of benzene rings is 1. The van der Waals surface area contributed by atoms with E-state index in [9.17, 15) is 0 Å². The van der Waals surface area contributed by atoms with Gasteiger partial charge in [0.15, 0.2) is 0 Å². The van der Waals surface area contributed by atoms with Crippen LogP contribution in [-0.2, 0) is 0 Å². The number of rotatable bonds is 2. The molecule has 76 valence electrons. The van der Waals surface area contributed by atoms with Gasteiger partial charge in [-0.1, -0.05) is 35.8 Å². The van der Waals surface area contributed by atoms with E-state index in [4.69, 9.17) is 4.74 Å². The summed E-state index contributed by atoms with van der Waals surface area (Å²) in [6.07, 6.45) is 0. The third-order valence-corrected chi connectivity index (χ3v) is 2.78. The first-order chi connectivity index (χ1) is 6.66. The highest BCUT2D eigenvalue weighted by Crippen LogP contribution is 2.34. The van der Waals surface area contributed by atoms with E-state index in [1.165, 1.54) is 5.56 Å². The number of fused-ring (bicyclic) bond motifs is 1. The Hall–Kier alpha value is -0.540. The second-order valence-corrected chi connectivity index (χ2v) is 4.78. The predicted octanol–water partition coefficient (Wildman–Crippen LogP) is 2.88. The average molecular weight is 256 g/mol. The Kier molecular flexibility index (Phi) is 2.79. The maximum absolute atomic E-state index is 5.60. The average Bonchev–Trinajstić information content (AvgIpc) is 2.47. The summed E-state index contributed by atoms with van der Waals surface area (Å²) in [5.41, 5.74) is 1.27. The largest absolute Gasteiger partial charge is 0.491 e. The lowest BCUT2D eigenvalue weighted by Crippen LogP contribution is -2.28. The van der Waals surface area contributed by atoms with Crippen LogP contribution >= 0.6 is 15.9 Å². The molecule has 0 radical (unpaired) electrons. The summed E-state index contributed by atoms with van der Waals surface area (Å²) in [6, 6.07) is 7.03. The van der Waals surface area contributed by atoms with Gasteiger partial charge in [0.05, 0.1) is 6.04 Å². The molecule has 0 saturated heterocycles. The van der Waals surface area contributed by atoms with Crippen LogP contribution in [0, 0.1) is 0 Å². The Morgan fingerprint density at radius 2 is 2.29 bits per heavy atom. The molecule has 1 aromatic rings. The number of hydrogen-bond acceptors (Lipinski definition) is 2. The molecule has 1 atom stereocenters.